The fourth-order valence-electron chi connectivity index (χ4n) is 2.29. The predicted molar refractivity (Wildman–Crippen MR) is 96.3 cm³/mol. The third kappa shape index (κ3) is 5.95. The number of hydrogen-bond donors (Lipinski definition) is 1. The Hall–Kier alpha value is -2.82. The fraction of sp³-hybridized carbons (Fsp3) is 0.250. The summed E-state index contributed by atoms with van der Waals surface area (Å²) in [6.45, 7) is 2.31. The normalized spacial score (nSPS) is 10.7. The van der Waals surface area contributed by atoms with Gasteiger partial charge in [0.25, 0.3) is 5.91 Å². The quantitative estimate of drug-likeness (QED) is 0.797. The average Bonchev–Trinajstić information content (AvgIpc) is 2.62. The molecule has 132 valence electrons. The molecule has 2 aromatic carbocycles. The number of ether oxygens (including phenoxy) is 2. The molecule has 0 heterocycles. The van der Waals surface area contributed by atoms with Gasteiger partial charge in [-0.2, -0.15) is 0 Å². The summed E-state index contributed by atoms with van der Waals surface area (Å²) in [6, 6.07) is 11.7. The Bertz CT molecular complexity index is 726. The Morgan fingerprint density at radius 3 is 2.60 bits per heavy atom. The highest BCUT2D eigenvalue weighted by atomic mass is 19.1. The largest absolute Gasteiger partial charge is 0.493 e. The van der Waals surface area contributed by atoms with Crippen molar-refractivity contribution in [3.8, 4) is 11.5 Å². The van der Waals surface area contributed by atoms with Crippen LogP contribution in [-0.2, 0) is 11.2 Å². The lowest BCUT2D eigenvalue weighted by atomic mass is 10.1. The van der Waals surface area contributed by atoms with Gasteiger partial charge in [0.15, 0.2) is 18.1 Å². The summed E-state index contributed by atoms with van der Waals surface area (Å²) in [7, 11) is 1.56. The Morgan fingerprint density at radius 2 is 1.92 bits per heavy atom. The van der Waals surface area contributed by atoms with Gasteiger partial charge in [0, 0.05) is 6.54 Å². The zero-order chi connectivity index (χ0) is 18.1. The summed E-state index contributed by atoms with van der Waals surface area (Å²) in [5.74, 6) is 0.608. The second-order valence-electron chi connectivity index (χ2n) is 5.43. The number of carbonyl (C=O) groups is 1. The van der Waals surface area contributed by atoms with Crippen LogP contribution >= 0.6 is 0 Å². The van der Waals surface area contributed by atoms with E-state index in [1.54, 1.807) is 25.3 Å². The van der Waals surface area contributed by atoms with E-state index < -0.39 is 0 Å². The van der Waals surface area contributed by atoms with Gasteiger partial charge in [0.1, 0.15) is 5.82 Å². The molecule has 1 amide bonds. The minimum Gasteiger partial charge on any atom is -0.493 e. The molecule has 0 aliphatic carbocycles. The topological polar surface area (TPSA) is 47.6 Å². The van der Waals surface area contributed by atoms with Gasteiger partial charge in [-0.05, 0) is 48.7 Å². The molecule has 25 heavy (non-hydrogen) atoms. The Morgan fingerprint density at radius 1 is 1.16 bits per heavy atom. The molecule has 0 radical (unpaired) electrons. The summed E-state index contributed by atoms with van der Waals surface area (Å²) in [6.07, 6.45) is 4.52. The molecule has 0 aromatic heterocycles. The molecule has 0 unspecified atom stereocenters. The van der Waals surface area contributed by atoms with E-state index in [1.165, 1.54) is 12.1 Å². The van der Waals surface area contributed by atoms with Gasteiger partial charge in [-0.25, -0.2) is 4.39 Å². The van der Waals surface area contributed by atoms with Gasteiger partial charge in [-0.1, -0.05) is 30.4 Å². The van der Waals surface area contributed by atoms with Crippen LogP contribution in [0, 0.1) is 5.82 Å². The van der Waals surface area contributed by atoms with Crippen LogP contribution < -0.4 is 14.8 Å². The van der Waals surface area contributed by atoms with Crippen molar-refractivity contribution >= 4 is 12.0 Å². The van der Waals surface area contributed by atoms with Gasteiger partial charge in [-0.15, -0.1) is 0 Å². The molecule has 0 fully saturated rings. The highest BCUT2D eigenvalue weighted by Crippen LogP contribution is 2.28. The van der Waals surface area contributed by atoms with Crippen molar-refractivity contribution in [2.45, 2.75) is 13.3 Å². The smallest absolute Gasteiger partial charge is 0.257 e. The Kier molecular flexibility index (Phi) is 7.01. The van der Waals surface area contributed by atoms with Crippen molar-refractivity contribution in [1.82, 2.24) is 5.32 Å². The molecule has 4 nitrogen and oxygen atoms in total. The van der Waals surface area contributed by atoms with E-state index in [1.807, 2.05) is 31.2 Å². The van der Waals surface area contributed by atoms with Gasteiger partial charge < -0.3 is 14.8 Å². The Labute approximate surface area is 147 Å². The minimum absolute atomic E-state index is 0.0945. The van der Waals surface area contributed by atoms with Crippen LogP contribution in [0.25, 0.3) is 6.08 Å². The van der Waals surface area contributed by atoms with E-state index in [4.69, 9.17) is 9.47 Å². The summed E-state index contributed by atoms with van der Waals surface area (Å²) < 4.78 is 23.7. The van der Waals surface area contributed by atoms with Crippen LogP contribution in [0.15, 0.2) is 48.5 Å². The maximum Gasteiger partial charge on any atom is 0.257 e. The van der Waals surface area contributed by atoms with Crippen LogP contribution in [0.1, 0.15) is 18.1 Å². The number of allylic oxidation sites excluding steroid dienone is 1. The molecule has 1 N–H and O–H groups in total. The van der Waals surface area contributed by atoms with Gasteiger partial charge in [-0.3, -0.25) is 4.79 Å². The zero-order valence-electron chi connectivity index (χ0n) is 14.4. The maximum atomic E-state index is 12.8. The lowest BCUT2D eigenvalue weighted by molar-refractivity contribution is -0.123. The van der Waals surface area contributed by atoms with E-state index in [0.29, 0.717) is 24.5 Å². The van der Waals surface area contributed by atoms with Gasteiger partial charge >= 0.3 is 0 Å². The molecule has 0 saturated heterocycles. The molecule has 2 rings (SSSR count). The van der Waals surface area contributed by atoms with E-state index in [-0.39, 0.29) is 18.3 Å². The first kappa shape index (κ1) is 18.5. The number of carbonyl (C=O) groups excluding carboxylic acids is 1. The van der Waals surface area contributed by atoms with Crippen molar-refractivity contribution in [3.63, 3.8) is 0 Å². The summed E-state index contributed by atoms with van der Waals surface area (Å²) in [4.78, 5) is 11.9. The standard InChI is InChI=1S/C20H22FNO3/c1-3-4-16-7-10-18(19(13-16)24-2)25-14-20(23)22-12-11-15-5-8-17(21)9-6-15/h3-10,13H,11-12,14H2,1-2H3,(H,22,23). The van der Waals surface area contributed by atoms with Crippen LogP contribution in [0.2, 0.25) is 0 Å². The highest BCUT2D eigenvalue weighted by Gasteiger charge is 2.08. The van der Waals surface area contributed by atoms with Gasteiger partial charge in [0.05, 0.1) is 7.11 Å². The molecule has 0 bridgehead atoms. The molecule has 0 aliphatic heterocycles. The first-order chi connectivity index (χ1) is 12.1. The van der Waals surface area contributed by atoms with Crippen molar-refractivity contribution in [3.05, 3.63) is 65.5 Å². The second kappa shape index (κ2) is 9.47. The minimum atomic E-state index is -0.268. The highest BCUT2D eigenvalue weighted by molar-refractivity contribution is 5.77. The fourth-order valence-corrected chi connectivity index (χ4v) is 2.29. The van der Waals surface area contributed by atoms with Crippen molar-refractivity contribution in [1.29, 1.82) is 0 Å². The third-order valence-corrected chi connectivity index (χ3v) is 3.55. The van der Waals surface area contributed by atoms with Crippen molar-refractivity contribution in [2.75, 3.05) is 20.3 Å². The van der Waals surface area contributed by atoms with E-state index >= 15 is 0 Å². The van der Waals surface area contributed by atoms with Crippen molar-refractivity contribution in [2.24, 2.45) is 0 Å². The molecule has 0 spiro atoms. The lowest BCUT2D eigenvalue weighted by Crippen LogP contribution is -2.30. The van der Waals surface area contributed by atoms with Crippen LogP contribution in [0.5, 0.6) is 11.5 Å². The van der Waals surface area contributed by atoms with E-state index in [0.717, 1.165) is 11.1 Å². The number of rotatable bonds is 8. The summed E-state index contributed by atoms with van der Waals surface area (Å²) >= 11 is 0. The molecule has 0 atom stereocenters. The van der Waals surface area contributed by atoms with Crippen LogP contribution in [0.3, 0.4) is 0 Å². The zero-order valence-corrected chi connectivity index (χ0v) is 14.4. The molecular formula is C20H22FNO3. The summed E-state index contributed by atoms with van der Waals surface area (Å²) in [5, 5.41) is 2.78. The number of methoxy groups -OCH3 is 1. The predicted octanol–water partition coefficient (Wildman–Crippen LogP) is 3.61. The molecule has 2 aromatic rings. The number of hydrogen-bond acceptors (Lipinski definition) is 3. The molecule has 0 aliphatic rings. The number of amides is 1. The summed E-state index contributed by atoms with van der Waals surface area (Å²) in [5.41, 5.74) is 1.96. The van der Waals surface area contributed by atoms with Gasteiger partial charge in [0.2, 0.25) is 0 Å². The third-order valence-electron chi connectivity index (χ3n) is 3.55. The van der Waals surface area contributed by atoms with Crippen LogP contribution in [0.4, 0.5) is 4.39 Å². The monoisotopic (exact) mass is 343 g/mol. The first-order valence-electron chi connectivity index (χ1n) is 8.07. The maximum absolute atomic E-state index is 12.8. The molecular weight excluding hydrogens is 321 g/mol. The second-order valence-corrected chi connectivity index (χ2v) is 5.43. The number of halogens is 1. The van der Waals surface area contributed by atoms with Crippen molar-refractivity contribution < 1.29 is 18.7 Å². The number of benzene rings is 2. The van der Waals surface area contributed by atoms with Crippen LogP contribution in [-0.4, -0.2) is 26.2 Å². The average molecular weight is 343 g/mol. The molecule has 0 saturated carbocycles. The number of nitrogens with one attached hydrogen (secondary N) is 1. The Balaban J connectivity index is 1.80. The van der Waals surface area contributed by atoms with E-state index in [9.17, 15) is 9.18 Å². The van der Waals surface area contributed by atoms with E-state index in [2.05, 4.69) is 5.32 Å². The molecule has 5 heteroatoms. The lowest BCUT2D eigenvalue weighted by Gasteiger charge is -2.11. The SMILES string of the molecule is CC=Cc1ccc(OCC(=O)NCCc2ccc(F)cc2)c(OC)c1. The first-order valence-corrected chi connectivity index (χ1v) is 8.07.